The van der Waals surface area contributed by atoms with Gasteiger partial charge in [0.2, 0.25) is 5.91 Å². The third kappa shape index (κ3) is 4.61. The molecule has 27 heavy (non-hydrogen) atoms. The number of nitrogens with one attached hydrogen (secondary N) is 1. The minimum absolute atomic E-state index is 0.191. The van der Waals surface area contributed by atoms with Gasteiger partial charge in [-0.25, -0.2) is 13.6 Å². The number of ether oxygens (including phenoxy) is 1. The number of halogens is 2. The van der Waals surface area contributed by atoms with Crippen LogP contribution in [-0.2, 0) is 14.3 Å². The zero-order valence-electron chi connectivity index (χ0n) is 15.7. The van der Waals surface area contributed by atoms with Crippen LogP contribution in [0.5, 0.6) is 0 Å². The number of esters is 1. The molecule has 1 unspecified atom stereocenters. The first kappa shape index (κ1) is 20.8. The van der Waals surface area contributed by atoms with E-state index in [-0.39, 0.29) is 30.5 Å². The van der Waals surface area contributed by atoms with E-state index in [9.17, 15) is 23.2 Å². The molecule has 1 aromatic rings. The summed E-state index contributed by atoms with van der Waals surface area (Å²) in [5.74, 6) is -3.33. The summed E-state index contributed by atoms with van der Waals surface area (Å²) in [6, 6.07) is 2.83. The Morgan fingerprint density at radius 2 is 1.89 bits per heavy atom. The highest BCUT2D eigenvalue weighted by atomic mass is 19.1. The van der Waals surface area contributed by atoms with Gasteiger partial charge in [-0.2, -0.15) is 0 Å². The van der Waals surface area contributed by atoms with Gasteiger partial charge < -0.3 is 15.0 Å². The van der Waals surface area contributed by atoms with Gasteiger partial charge in [0.1, 0.15) is 17.2 Å². The largest absolute Gasteiger partial charge is 0.467 e. The summed E-state index contributed by atoms with van der Waals surface area (Å²) in [6.45, 7) is 3.92. The maximum Gasteiger partial charge on any atom is 0.331 e. The molecule has 1 aromatic carbocycles. The van der Waals surface area contributed by atoms with Gasteiger partial charge in [-0.3, -0.25) is 9.59 Å². The van der Waals surface area contributed by atoms with Crippen LogP contribution in [0.3, 0.4) is 0 Å². The summed E-state index contributed by atoms with van der Waals surface area (Å²) in [5.41, 5.74) is -1.29. The van der Waals surface area contributed by atoms with Gasteiger partial charge in [-0.15, -0.1) is 0 Å². The first-order chi connectivity index (χ1) is 12.7. The van der Waals surface area contributed by atoms with E-state index < -0.39 is 29.0 Å². The minimum atomic E-state index is -1.10. The molecule has 1 aliphatic rings. The average molecular weight is 382 g/mol. The van der Waals surface area contributed by atoms with Crippen LogP contribution in [-0.4, -0.2) is 48.4 Å². The molecular weight excluding hydrogens is 358 g/mol. The number of likely N-dealkylation sites (tertiary alicyclic amines) is 1. The molecule has 1 heterocycles. The second-order valence-electron chi connectivity index (χ2n) is 6.86. The SMILES string of the molecule is CCC(C)(NC(=O)C1CCN(C(=O)c2ccc(F)cc2F)CC1)C(=O)OC. The van der Waals surface area contributed by atoms with Crippen molar-refractivity contribution in [1.29, 1.82) is 0 Å². The van der Waals surface area contributed by atoms with Gasteiger partial charge in [0.05, 0.1) is 12.7 Å². The molecule has 0 saturated carbocycles. The number of hydrogen-bond donors (Lipinski definition) is 1. The van der Waals surface area contributed by atoms with E-state index in [4.69, 9.17) is 4.74 Å². The lowest BCUT2D eigenvalue weighted by atomic mass is 9.92. The lowest BCUT2D eigenvalue weighted by molar-refractivity contribution is -0.151. The van der Waals surface area contributed by atoms with Crippen LogP contribution >= 0.6 is 0 Å². The van der Waals surface area contributed by atoms with E-state index in [1.807, 2.05) is 0 Å². The predicted octanol–water partition coefficient (Wildman–Crippen LogP) is 2.27. The van der Waals surface area contributed by atoms with Crippen molar-refractivity contribution in [3.63, 3.8) is 0 Å². The topological polar surface area (TPSA) is 75.7 Å². The number of amides is 2. The zero-order chi connectivity index (χ0) is 20.2. The summed E-state index contributed by atoms with van der Waals surface area (Å²) in [7, 11) is 1.26. The van der Waals surface area contributed by atoms with Crippen LogP contribution < -0.4 is 5.32 Å². The summed E-state index contributed by atoms with van der Waals surface area (Å²) >= 11 is 0. The fourth-order valence-corrected chi connectivity index (χ4v) is 3.06. The fraction of sp³-hybridized carbons (Fsp3) is 0.526. The Kier molecular flexibility index (Phi) is 6.51. The Bertz CT molecular complexity index is 732. The molecule has 0 radical (unpaired) electrons. The van der Waals surface area contributed by atoms with E-state index >= 15 is 0 Å². The number of piperidine rings is 1. The fourth-order valence-electron chi connectivity index (χ4n) is 3.06. The van der Waals surface area contributed by atoms with Crippen LogP contribution in [0.25, 0.3) is 0 Å². The first-order valence-corrected chi connectivity index (χ1v) is 8.86. The smallest absolute Gasteiger partial charge is 0.331 e. The maximum absolute atomic E-state index is 13.8. The number of carbonyl (C=O) groups is 3. The zero-order valence-corrected chi connectivity index (χ0v) is 15.7. The third-order valence-corrected chi connectivity index (χ3v) is 5.06. The predicted molar refractivity (Wildman–Crippen MR) is 93.8 cm³/mol. The summed E-state index contributed by atoms with van der Waals surface area (Å²) in [4.78, 5) is 38.2. The number of benzene rings is 1. The Morgan fingerprint density at radius 3 is 2.41 bits per heavy atom. The van der Waals surface area contributed by atoms with E-state index in [0.717, 1.165) is 12.1 Å². The van der Waals surface area contributed by atoms with Gasteiger partial charge >= 0.3 is 5.97 Å². The molecule has 2 rings (SSSR count). The Labute approximate surface area is 156 Å². The summed E-state index contributed by atoms with van der Waals surface area (Å²) < 4.78 is 31.5. The molecule has 1 atom stereocenters. The number of carbonyl (C=O) groups excluding carboxylic acids is 3. The number of methoxy groups -OCH3 is 1. The molecule has 1 saturated heterocycles. The molecule has 1 aliphatic heterocycles. The van der Waals surface area contributed by atoms with Crippen molar-refractivity contribution in [2.75, 3.05) is 20.2 Å². The molecule has 0 aromatic heterocycles. The standard InChI is InChI=1S/C19H24F2N2O4/c1-4-19(2,18(26)27-3)22-16(24)12-7-9-23(10-8-12)17(25)14-6-5-13(20)11-15(14)21/h5-6,11-12H,4,7-10H2,1-3H3,(H,22,24). The summed E-state index contributed by atoms with van der Waals surface area (Å²) in [5, 5.41) is 2.74. The molecule has 2 amide bonds. The van der Waals surface area contributed by atoms with Gasteiger partial charge in [0, 0.05) is 25.1 Å². The molecule has 6 nitrogen and oxygen atoms in total. The van der Waals surface area contributed by atoms with Crippen molar-refractivity contribution >= 4 is 17.8 Å². The Balaban J connectivity index is 1.97. The summed E-state index contributed by atoms with van der Waals surface area (Å²) in [6.07, 6.45) is 1.16. The van der Waals surface area contributed by atoms with Gasteiger partial charge in [-0.05, 0) is 38.3 Å². The van der Waals surface area contributed by atoms with Crippen molar-refractivity contribution in [2.24, 2.45) is 5.92 Å². The molecule has 0 bridgehead atoms. The number of hydrogen-bond acceptors (Lipinski definition) is 4. The second-order valence-corrected chi connectivity index (χ2v) is 6.86. The van der Waals surface area contributed by atoms with Gasteiger partial charge in [-0.1, -0.05) is 6.92 Å². The first-order valence-electron chi connectivity index (χ1n) is 8.86. The molecule has 8 heteroatoms. The van der Waals surface area contributed by atoms with E-state index in [1.165, 1.54) is 12.0 Å². The lowest BCUT2D eigenvalue weighted by Crippen LogP contribution is -2.55. The lowest BCUT2D eigenvalue weighted by Gasteiger charge is -2.34. The number of nitrogens with zero attached hydrogens (tertiary/aromatic N) is 1. The highest BCUT2D eigenvalue weighted by molar-refractivity contribution is 5.95. The van der Waals surface area contributed by atoms with Crippen LogP contribution in [0.2, 0.25) is 0 Å². The van der Waals surface area contributed by atoms with E-state index in [0.29, 0.717) is 25.3 Å². The van der Waals surface area contributed by atoms with Crippen LogP contribution in [0.4, 0.5) is 8.78 Å². The highest BCUT2D eigenvalue weighted by Crippen LogP contribution is 2.22. The number of rotatable bonds is 5. The second kappa shape index (κ2) is 8.45. The highest BCUT2D eigenvalue weighted by Gasteiger charge is 2.37. The Hall–Kier alpha value is -2.51. The van der Waals surface area contributed by atoms with Crippen molar-refractivity contribution in [2.45, 2.75) is 38.6 Å². The molecule has 1 fully saturated rings. The van der Waals surface area contributed by atoms with Crippen molar-refractivity contribution in [3.8, 4) is 0 Å². The van der Waals surface area contributed by atoms with Crippen LogP contribution in [0.1, 0.15) is 43.5 Å². The molecule has 1 N–H and O–H groups in total. The monoisotopic (exact) mass is 382 g/mol. The van der Waals surface area contributed by atoms with Crippen LogP contribution in [0.15, 0.2) is 18.2 Å². The van der Waals surface area contributed by atoms with Crippen molar-refractivity contribution in [1.82, 2.24) is 10.2 Å². The van der Waals surface area contributed by atoms with Crippen LogP contribution in [0, 0.1) is 17.6 Å². The van der Waals surface area contributed by atoms with Crippen molar-refractivity contribution in [3.05, 3.63) is 35.4 Å². The molecule has 0 aliphatic carbocycles. The Morgan fingerprint density at radius 1 is 1.26 bits per heavy atom. The van der Waals surface area contributed by atoms with Gasteiger partial charge in [0.15, 0.2) is 0 Å². The minimum Gasteiger partial charge on any atom is -0.467 e. The average Bonchev–Trinajstić information content (AvgIpc) is 2.66. The van der Waals surface area contributed by atoms with Crippen molar-refractivity contribution < 1.29 is 27.9 Å². The maximum atomic E-state index is 13.8. The molecule has 0 spiro atoms. The third-order valence-electron chi connectivity index (χ3n) is 5.06. The molecular formula is C19H24F2N2O4. The van der Waals surface area contributed by atoms with Gasteiger partial charge in [0.25, 0.3) is 5.91 Å². The quantitative estimate of drug-likeness (QED) is 0.793. The van der Waals surface area contributed by atoms with E-state index in [1.54, 1.807) is 13.8 Å². The van der Waals surface area contributed by atoms with E-state index in [2.05, 4.69) is 5.32 Å². The normalized spacial score (nSPS) is 17.1. The molecule has 148 valence electrons.